The number of anilines is 1. The van der Waals surface area contributed by atoms with Gasteiger partial charge in [-0.05, 0) is 38.5 Å². The topological polar surface area (TPSA) is 23.5 Å². The molecule has 0 aliphatic rings. The number of alkyl halides is 3. The zero-order valence-electron chi connectivity index (χ0n) is 11.0. The Morgan fingerprint density at radius 2 is 1.79 bits per heavy atom. The van der Waals surface area contributed by atoms with Crippen molar-refractivity contribution in [2.45, 2.75) is 39.1 Å². The molecule has 19 heavy (non-hydrogen) atoms. The van der Waals surface area contributed by atoms with Crippen LogP contribution in [0.15, 0.2) is 18.2 Å². The Kier molecular flexibility index (Phi) is 4.79. The Hall–Kier alpha value is -1.30. The summed E-state index contributed by atoms with van der Waals surface area (Å²) < 4.78 is 51.3. The molecule has 0 radical (unpaired) electrons. The molecule has 0 saturated carbocycles. The number of hydrogen-bond acceptors (Lipinski definition) is 2. The summed E-state index contributed by atoms with van der Waals surface area (Å²) in [7, 11) is 0. The largest absolute Gasteiger partial charge is 0.405 e. The first-order valence-corrected chi connectivity index (χ1v) is 5.92. The third-order valence-corrected chi connectivity index (χ3v) is 2.74. The van der Waals surface area contributed by atoms with Crippen molar-refractivity contribution in [3.05, 3.63) is 29.6 Å². The standard InChI is InChI=1S/C13H17F4NO/c1-8(2)18(7-13(15,16)17)12-5-4-10(9(3)19)6-11(12)14/h4-6,8-9,19H,7H2,1-3H3/t9-/m1/s1. The van der Waals surface area contributed by atoms with Crippen LogP contribution in [0.5, 0.6) is 0 Å². The first-order chi connectivity index (χ1) is 8.61. The van der Waals surface area contributed by atoms with E-state index in [1.54, 1.807) is 13.8 Å². The van der Waals surface area contributed by atoms with Crippen molar-refractivity contribution in [3.8, 4) is 0 Å². The highest BCUT2D eigenvalue weighted by Gasteiger charge is 2.33. The highest BCUT2D eigenvalue weighted by atomic mass is 19.4. The van der Waals surface area contributed by atoms with Crippen LogP contribution in [0, 0.1) is 5.82 Å². The van der Waals surface area contributed by atoms with Gasteiger partial charge in [-0.15, -0.1) is 0 Å². The average molecular weight is 279 g/mol. The van der Waals surface area contributed by atoms with Crippen LogP contribution in [-0.4, -0.2) is 23.9 Å². The van der Waals surface area contributed by atoms with Crippen molar-refractivity contribution in [1.29, 1.82) is 0 Å². The summed E-state index contributed by atoms with van der Waals surface area (Å²) in [5.74, 6) is -0.767. The van der Waals surface area contributed by atoms with Gasteiger partial charge in [0.2, 0.25) is 0 Å². The fraction of sp³-hybridized carbons (Fsp3) is 0.538. The van der Waals surface area contributed by atoms with Gasteiger partial charge in [0.15, 0.2) is 0 Å². The summed E-state index contributed by atoms with van der Waals surface area (Å²) in [6.07, 6.45) is -5.27. The normalized spacial score (nSPS) is 13.7. The molecule has 0 spiro atoms. The van der Waals surface area contributed by atoms with Crippen molar-refractivity contribution >= 4 is 5.69 Å². The molecule has 0 aliphatic carbocycles. The third kappa shape index (κ3) is 4.38. The molecule has 1 atom stereocenters. The van der Waals surface area contributed by atoms with Gasteiger partial charge in [-0.3, -0.25) is 0 Å². The number of halogens is 4. The van der Waals surface area contributed by atoms with E-state index in [0.717, 1.165) is 11.0 Å². The molecule has 0 bridgehead atoms. The van der Waals surface area contributed by atoms with Gasteiger partial charge in [-0.1, -0.05) is 6.07 Å². The summed E-state index contributed by atoms with van der Waals surface area (Å²) in [6.45, 7) is 3.38. The fourth-order valence-corrected chi connectivity index (χ4v) is 1.76. The summed E-state index contributed by atoms with van der Waals surface area (Å²) >= 11 is 0. The van der Waals surface area contributed by atoms with Crippen LogP contribution in [0.3, 0.4) is 0 Å². The van der Waals surface area contributed by atoms with Crippen LogP contribution in [-0.2, 0) is 0 Å². The molecular formula is C13H17F4NO. The lowest BCUT2D eigenvalue weighted by Gasteiger charge is -2.30. The predicted molar refractivity (Wildman–Crippen MR) is 65.6 cm³/mol. The van der Waals surface area contributed by atoms with Crippen LogP contribution in [0.4, 0.5) is 23.2 Å². The Morgan fingerprint density at radius 3 is 2.16 bits per heavy atom. The van der Waals surface area contributed by atoms with E-state index in [2.05, 4.69) is 0 Å². The fourth-order valence-electron chi connectivity index (χ4n) is 1.76. The summed E-state index contributed by atoms with van der Waals surface area (Å²) in [5.41, 5.74) is 0.216. The smallest absolute Gasteiger partial charge is 0.389 e. The molecule has 0 amide bonds. The second-order valence-electron chi connectivity index (χ2n) is 4.72. The SMILES string of the molecule is CC(C)N(CC(F)(F)F)c1ccc([C@@H](C)O)cc1F. The molecule has 1 aromatic rings. The summed E-state index contributed by atoms with van der Waals surface area (Å²) in [6, 6.07) is 3.26. The van der Waals surface area contributed by atoms with Crippen LogP contribution >= 0.6 is 0 Å². The van der Waals surface area contributed by atoms with E-state index in [1.807, 2.05) is 0 Å². The number of aliphatic hydroxyl groups excluding tert-OH is 1. The molecule has 2 nitrogen and oxygen atoms in total. The van der Waals surface area contributed by atoms with Crippen molar-refractivity contribution in [1.82, 2.24) is 0 Å². The van der Waals surface area contributed by atoms with E-state index in [-0.39, 0.29) is 5.69 Å². The lowest BCUT2D eigenvalue weighted by molar-refractivity contribution is -0.120. The molecule has 0 fully saturated rings. The number of aliphatic hydroxyl groups is 1. The molecular weight excluding hydrogens is 262 g/mol. The quantitative estimate of drug-likeness (QED) is 0.850. The Morgan fingerprint density at radius 1 is 1.21 bits per heavy atom. The first-order valence-electron chi connectivity index (χ1n) is 5.92. The van der Waals surface area contributed by atoms with E-state index in [0.29, 0.717) is 5.56 Å². The van der Waals surface area contributed by atoms with Gasteiger partial charge in [0.1, 0.15) is 12.4 Å². The lowest BCUT2D eigenvalue weighted by Crippen LogP contribution is -2.39. The molecule has 0 heterocycles. The number of benzene rings is 1. The van der Waals surface area contributed by atoms with Crippen molar-refractivity contribution in [2.24, 2.45) is 0 Å². The van der Waals surface area contributed by atoms with Gasteiger partial charge in [0.25, 0.3) is 0 Å². The summed E-state index contributed by atoms with van der Waals surface area (Å²) in [4.78, 5) is 0.946. The first kappa shape index (κ1) is 15.8. The highest BCUT2D eigenvalue weighted by molar-refractivity contribution is 5.50. The maximum Gasteiger partial charge on any atom is 0.405 e. The Labute approximate surface area is 109 Å². The van der Waals surface area contributed by atoms with Crippen LogP contribution in [0.2, 0.25) is 0 Å². The molecule has 0 saturated heterocycles. The highest BCUT2D eigenvalue weighted by Crippen LogP contribution is 2.28. The molecule has 0 aromatic heterocycles. The van der Waals surface area contributed by atoms with E-state index in [4.69, 9.17) is 0 Å². The van der Waals surface area contributed by atoms with Crippen LogP contribution < -0.4 is 4.90 Å². The van der Waals surface area contributed by atoms with Crippen molar-refractivity contribution < 1.29 is 22.7 Å². The van der Waals surface area contributed by atoms with Gasteiger partial charge in [-0.25, -0.2) is 4.39 Å². The molecule has 1 aromatic carbocycles. The number of nitrogens with zero attached hydrogens (tertiary/aromatic N) is 1. The molecule has 0 unspecified atom stereocenters. The minimum Gasteiger partial charge on any atom is -0.389 e. The molecule has 108 valence electrons. The van der Waals surface area contributed by atoms with Gasteiger partial charge in [-0.2, -0.15) is 13.2 Å². The minimum absolute atomic E-state index is 0.114. The van der Waals surface area contributed by atoms with E-state index in [1.165, 1.54) is 19.1 Å². The Bertz CT molecular complexity index is 429. The van der Waals surface area contributed by atoms with Crippen LogP contribution in [0.1, 0.15) is 32.4 Å². The van der Waals surface area contributed by atoms with E-state index in [9.17, 15) is 22.7 Å². The van der Waals surface area contributed by atoms with Gasteiger partial charge < -0.3 is 10.0 Å². The monoisotopic (exact) mass is 279 g/mol. The minimum atomic E-state index is -4.40. The van der Waals surface area contributed by atoms with Crippen LogP contribution in [0.25, 0.3) is 0 Å². The van der Waals surface area contributed by atoms with Gasteiger partial charge in [0.05, 0.1) is 11.8 Å². The Balaban J connectivity index is 3.10. The molecule has 6 heteroatoms. The molecule has 1 rings (SSSR count). The van der Waals surface area contributed by atoms with Crippen molar-refractivity contribution in [3.63, 3.8) is 0 Å². The predicted octanol–water partition coefficient (Wildman–Crippen LogP) is 3.66. The van der Waals surface area contributed by atoms with E-state index < -0.39 is 30.7 Å². The van der Waals surface area contributed by atoms with E-state index >= 15 is 0 Å². The second-order valence-corrected chi connectivity index (χ2v) is 4.72. The average Bonchev–Trinajstić information content (AvgIpc) is 2.24. The summed E-state index contributed by atoms with van der Waals surface area (Å²) in [5, 5.41) is 9.31. The van der Waals surface area contributed by atoms with Gasteiger partial charge in [0, 0.05) is 6.04 Å². The second kappa shape index (κ2) is 5.77. The zero-order chi connectivity index (χ0) is 14.8. The van der Waals surface area contributed by atoms with Crippen molar-refractivity contribution in [2.75, 3.05) is 11.4 Å². The number of hydrogen-bond donors (Lipinski definition) is 1. The maximum atomic E-state index is 13.9. The van der Waals surface area contributed by atoms with Gasteiger partial charge >= 0.3 is 6.18 Å². The lowest BCUT2D eigenvalue weighted by atomic mass is 10.1. The maximum absolute atomic E-state index is 13.9. The zero-order valence-corrected chi connectivity index (χ0v) is 11.0. The number of rotatable bonds is 4. The molecule has 0 aliphatic heterocycles. The third-order valence-electron chi connectivity index (χ3n) is 2.74. The molecule has 1 N–H and O–H groups in total.